The molecule has 246 valence electrons. The zero-order valence-electron chi connectivity index (χ0n) is 25.1. The van der Waals surface area contributed by atoms with Crippen LogP contribution in [0, 0.1) is 5.92 Å². The van der Waals surface area contributed by atoms with Crippen molar-refractivity contribution in [3.8, 4) is 0 Å². The van der Waals surface area contributed by atoms with E-state index < -0.39 is 85.2 Å². The maximum Gasteiger partial charge on any atom is 0.326 e. The number of nitrogens with two attached hydrogens (primary N) is 1. The maximum absolute atomic E-state index is 13.4. The number of aliphatic hydroxyl groups excluding tert-OH is 1. The Morgan fingerprint density at radius 3 is 1.93 bits per heavy atom. The molecular formula is C29H41N7O9. The molecule has 0 aliphatic carbocycles. The lowest BCUT2D eigenvalue weighted by Crippen LogP contribution is -2.60. The summed E-state index contributed by atoms with van der Waals surface area (Å²) in [5.74, 6) is -6.22. The Morgan fingerprint density at radius 1 is 0.844 bits per heavy atom. The van der Waals surface area contributed by atoms with Crippen molar-refractivity contribution in [2.75, 3.05) is 6.61 Å². The van der Waals surface area contributed by atoms with Crippen LogP contribution >= 0.6 is 0 Å². The topological polar surface area (TPSA) is 266 Å². The van der Waals surface area contributed by atoms with Crippen molar-refractivity contribution >= 4 is 35.6 Å². The van der Waals surface area contributed by atoms with Crippen LogP contribution in [0.2, 0.25) is 0 Å². The van der Waals surface area contributed by atoms with Gasteiger partial charge in [-0.2, -0.15) is 0 Å². The normalized spacial score (nSPS) is 14.9. The van der Waals surface area contributed by atoms with E-state index in [4.69, 9.17) is 10.8 Å². The van der Waals surface area contributed by atoms with Crippen LogP contribution in [-0.4, -0.2) is 97.7 Å². The molecule has 0 saturated heterocycles. The van der Waals surface area contributed by atoms with Crippen LogP contribution in [0.25, 0.3) is 0 Å². The summed E-state index contributed by atoms with van der Waals surface area (Å²) in [6.45, 7) is 2.78. The molecule has 0 aliphatic rings. The number of carbonyl (C=O) groups excluding carboxylic acids is 4. The molecular weight excluding hydrogens is 590 g/mol. The number of H-pyrrole nitrogens is 1. The highest BCUT2D eigenvalue weighted by molar-refractivity contribution is 5.95. The highest BCUT2D eigenvalue weighted by Gasteiger charge is 2.32. The molecule has 0 radical (unpaired) electrons. The molecule has 1 aromatic carbocycles. The van der Waals surface area contributed by atoms with Gasteiger partial charge in [0.25, 0.3) is 0 Å². The average molecular weight is 632 g/mol. The molecule has 0 saturated carbocycles. The van der Waals surface area contributed by atoms with E-state index in [-0.39, 0.29) is 18.8 Å². The van der Waals surface area contributed by atoms with Gasteiger partial charge in [0.2, 0.25) is 23.6 Å². The summed E-state index contributed by atoms with van der Waals surface area (Å²) in [5.41, 5.74) is 7.15. The first kappa shape index (κ1) is 36.4. The van der Waals surface area contributed by atoms with E-state index in [0.29, 0.717) is 17.7 Å². The molecule has 4 amide bonds. The Hall–Kier alpha value is -4.83. The molecule has 1 aromatic heterocycles. The standard InChI is InChI=1S/C29H41N7O9/c1-3-16(2)24(30)28(43)35-20(11-17-7-5-4-6-8-17)25(40)36-22(14-37)27(42)34-21(12-18-13-31-15-32-18)26(41)33-19(29(44)45)9-10-23(38)39/h4-8,13,15-16,19-22,24,37H,3,9-12,14,30H2,1-2H3,(H,31,32)(H,33,41)(H,34,42)(H,35,43)(H,36,40)(H,38,39)(H,44,45)/t16-,19-,20-,21-,22-,24-/m0/s1. The van der Waals surface area contributed by atoms with Gasteiger partial charge in [-0.05, 0) is 17.9 Å². The Balaban J connectivity index is 2.23. The molecule has 16 heteroatoms. The van der Waals surface area contributed by atoms with Gasteiger partial charge in [-0.15, -0.1) is 0 Å². The zero-order chi connectivity index (χ0) is 33.5. The number of hydrogen-bond donors (Lipinski definition) is 9. The Bertz CT molecular complexity index is 1290. The lowest BCUT2D eigenvalue weighted by atomic mass is 9.98. The molecule has 1 heterocycles. The number of nitrogens with one attached hydrogen (secondary N) is 5. The van der Waals surface area contributed by atoms with Gasteiger partial charge >= 0.3 is 11.9 Å². The number of aliphatic hydroxyl groups is 1. The third-order valence-electron chi connectivity index (χ3n) is 7.16. The molecule has 10 N–H and O–H groups in total. The van der Waals surface area contributed by atoms with Crippen molar-refractivity contribution in [3.63, 3.8) is 0 Å². The van der Waals surface area contributed by atoms with E-state index in [1.807, 2.05) is 6.92 Å². The van der Waals surface area contributed by atoms with E-state index in [9.17, 15) is 39.0 Å². The summed E-state index contributed by atoms with van der Waals surface area (Å²) in [6, 6.07) is 2.16. The van der Waals surface area contributed by atoms with Gasteiger partial charge in [-0.1, -0.05) is 50.6 Å². The molecule has 0 aliphatic heterocycles. The van der Waals surface area contributed by atoms with E-state index in [1.54, 1.807) is 37.3 Å². The van der Waals surface area contributed by atoms with E-state index in [0.717, 1.165) is 0 Å². The smallest absolute Gasteiger partial charge is 0.326 e. The number of nitrogens with zero attached hydrogens (tertiary/aromatic N) is 1. The molecule has 2 aromatic rings. The van der Waals surface area contributed by atoms with Gasteiger partial charge in [0.15, 0.2) is 0 Å². The molecule has 6 atom stereocenters. The van der Waals surface area contributed by atoms with Crippen LogP contribution in [-0.2, 0) is 41.6 Å². The molecule has 16 nitrogen and oxygen atoms in total. The summed E-state index contributed by atoms with van der Waals surface area (Å²) < 4.78 is 0. The Labute approximate surface area is 259 Å². The summed E-state index contributed by atoms with van der Waals surface area (Å²) >= 11 is 0. The van der Waals surface area contributed by atoms with Crippen molar-refractivity contribution in [3.05, 3.63) is 54.1 Å². The summed E-state index contributed by atoms with van der Waals surface area (Å²) in [4.78, 5) is 81.7. The zero-order valence-corrected chi connectivity index (χ0v) is 25.1. The predicted octanol–water partition coefficient (Wildman–Crippen LogP) is -1.55. The second-order valence-corrected chi connectivity index (χ2v) is 10.6. The molecule has 0 fully saturated rings. The number of aliphatic carboxylic acids is 2. The Morgan fingerprint density at radius 2 is 1.40 bits per heavy atom. The molecule has 0 bridgehead atoms. The van der Waals surface area contributed by atoms with Crippen LogP contribution in [0.15, 0.2) is 42.9 Å². The first-order valence-electron chi connectivity index (χ1n) is 14.4. The van der Waals surface area contributed by atoms with Crippen LogP contribution in [0.1, 0.15) is 44.4 Å². The van der Waals surface area contributed by atoms with Crippen LogP contribution in [0.5, 0.6) is 0 Å². The lowest BCUT2D eigenvalue weighted by molar-refractivity contribution is -0.143. The molecule has 0 unspecified atom stereocenters. The number of carbonyl (C=O) groups is 6. The number of aromatic nitrogens is 2. The van der Waals surface area contributed by atoms with Crippen LogP contribution in [0.3, 0.4) is 0 Å². The molecule has 2 rings (SSSR count). The number of hydrogen-bond acceptors (Lipinski definition) is 9. The fraction of sp³-hybridized carbons (Fsp3) is 0.483. The van der Waals surface area contributed by atoms with Crippen molar-refractivity contribution in [2.24, 2.45) is 11.7 Å². The first-order valence-corrected chi connectivity index (χ1v) is 14.4. The molecule has 0 spiro atoms. The average Bonchev–Trinajstić information content (AvgIpc) is 3.53. The number of rotatable bonds is 19. The summed E-state index contributed by atoms with van der Waals surface area (Å²) in [7, 11) is 0. The SMILES string of the molecule is CC[C@H](C)[C@H](N)C(=O)N[C@@H](Cc1ccccc1)C(=O)N[C@@H](CO)C(=O)N[C@@H](Cc1cnc[nH]1)C(=O)N[C@@H](CCC(=O)O)C(=O)O. The van der Waals surface area contributed by atoms with Crippen molar-refractivity contribution < 1.29 is 44.1 Å². The quantitative estimate of drug-likeness (QED) is 0.0856. The summed E-state index contributed by atoms with van der Waals surface area (Å²) in [5, 5.41) is 38.0. The minimum Gasteiger partial charge on any atom is -0.481 e. The van der Waals surface area contributed by atoms with Crippen LogP contribution in [0.4, 0.5) is 0 Å². The van der Waals surface area contributed by atoms with Crippen LogP contribution < -0.4 is 27.0 Å². The molecule has 45 heavy (non-hydrogen) atoms. The monoisotopic (exact) mass is 631 g/mol. The van der Waals surface area contributed by atoms with Crippen molar-refractivity contribution in [1.82, 2.24) is 31.2 Å². The van der Waals surface area contributed by atoms with E-state index in [1.165, 1.54) is 12.5 Å². The number of carboxylic acids is 2. The van der Waals surface area contributed by atoms with Gasteiger partial charge in [0.1, 0.15) is 24.2 Å². The fourth-order valence-electron chi connectivity index (χ4n) is 4.20. The third-order valence-corrected chi connectivity index (χ3v) is 7.16. The fourth-order valence-corrected chi connectivity index (χ4v) is 4.20. The van der Waals surface area contributed by atoms with Crippen molar-refractivity contribution in [1.29, 1.82) is 0 Å². The first-order chi connectivity index (χ1) is 21.4. The highest BCUT2D eigenvalue weighted by atomic mass is 16.4. The largest absolute Gasteiger partial charge is 0.481 e. The van der Waals surface area contributed by atoms with Gasteiger partial charge in [-0.25, -0.2) is 9.78 Å². The second-order valence-electron chi connectivity index (χ2n) is 10.6. The van der Waals surface area contributed by atoms with E-state index in [2.05, 4.69) is 31.2 Å². The number of carboxylic acid groups (broad SMARTS) is 2. The second kappa shape index (κ2) is 18.1. The number of aromatic amines is 1. The minimum atomic E-state index is -1.57. The van der Waals surface area contributed by atoms with Gasteiger partial charge in [0, 0.05) is 31.2 Å². The van der Waals surface area contributed by atoms with Gasteiger partial charge in [0.05, 0.1) is 19.0 Å². The maximum atomic E-state index is 13.4. The minimum absolute atomic E-state index is 0.0448. The lowest BCUT2D eigenvalue weighted by Gasteiger charge is -2.26. The summed E-state index contributed by atoms with van der Waals surface area (Å²) in [6.07, 6.45) is 2.24. The van der Waals surface area contributed by atoms with Gasteiger partial charge in [-0.3, -0.25) is 24.0 Å². The van der Waals surface area contributed by atoms with Crippen molar-refractivity contribution in [2.45, 2.75) is 76.2 Å². The highest BCUT2D eigenvalue weighted by Crippen LogP contribution is 2.09. The van der Waals surface area contributed by atoms with Gasteiger partial charge < -0.3 is 47.3 Å². The number of imidazole rings is 1. The third kappa shape index (κ3) is 12.0. The van der Waals surface area contributed by atoms with E-state index >= 15 is 0 Å². The predicted molar refractivity (Wildman–Crippen MR) is 159 cm³/mol. The Kier molecular flexibility index (Phi) is 14.6. The number of benzene rings is 1. The number of amides is 4.